The first-order chi connectivity index (χ1) is 26.9. The van der Waals surface area contributed by atoms with Gasteiger partial charge in [0.15, 0.2) is 11.9 Å². The van der Waals surface area contributed by atoms with E-state index in [0.717, 1.165) is 48.6 Å². The average Bonchev–Trinajstić information content (AvgIpc) is 3.56. The molecule has 1 fully saturated rings. The van der Waals surface area contributed by atoms with Crippen molar-refractivity contribution in [1.82, 2.24) is 25.2 Å². The predicted molar refractivity (Wildman–Crippen MR) is 220 cm³/mol. The number of aromatic nitrogens is 3. The van der Waals surface area contributed by atoms with Gasteiger partial charge in [-0.15, -0.1) is 10.2 Å². The monoisotopic (exact) mass is 766 g/mol. The summed E-state index contributed by atoms with van der Waals surface area (Å²) in [6.45, 7) is 16.1. The summed E-state index contributed by atoms with van der Waals surface area (Å²) in [5.41, 5.74) is 3.44. The standard InChI is InChI=1S/C43H58N8O5/c1-28(2)51(29(3)4)42-49-48-39-21-18-32(27-50(39)42)56-36-20-19-35(33-15-8-9-16-34(33)36)46-41(52)47-38(26-37(44)43(5,6)7)45-30-13-12-14-31(25-30)53-23-24-55-40-17-10-11-22-54-40/h8-9,12-16,18,21,25,27-29,35-36,40,44H,10-11,17,19-20,22-24,26H2,1-7H3,(H2,45,46,47,52). The summed E-state index contributed by atoms with van der Waals surface area (Å²) in [6, 6.07) is 19.2. The molecule has 56 heavy (non-hydrogen) atoms. The second-order valence-electron chi connectivity index (χ2n) is 16.1. The first-order valence-corrected chi connectivity index (χ1v) is 19.9. The van der Waals surface area contributed by atoms with Gasteiger partial charge in [0.05, 0.1) is 24.5 Å². The number of aliphatic imine (C=N–C) groups is 1. The van der Waals surface area contributed by atoms with E-state index < -0.39 is 5.41 Å². The third-order valence-electron chi connectivity index (χ3n) is 10.1. The van der Waals surface area contributed by atoms with Gasteiger partial charge in [0, 0.05) is 36.9 Å². The lowest BCUT2D eigenvalue weighted by Crippen LogP contribution is -2.43. The highest BCUT2D eigenvalue weighted by atomic mass is 16.7. The van der Waals surface area contributed by atoms with Crippen molar-refractivity contribution in [2.24, 2.45) is 10.4 Å². The van der Waals surface area contributed by atoms with Gasteiger partial charge in [-0.2, -0.15) is 0 Å². The van der Waals surface area contributed by atoms with Crippen LogP contribution in [0.2, 0.25) is 0 Å². The summed E-state index contributed by atoms with van der Waals surface area (Å²) in [7, 11) is 0. The fourth-order valence-corrected chi connectivity index (χ4v) is 7.20. The Bertz CT molecular complexity index is 1970. The van der Waals surface area contributed by atoms with E-state index in [0.29, 0.717) is 54.8 Å². The van der Waals surface area contributed by atoms with Crippen LogP contribution in [0.15, 0.2) is 71.9 Å². The molecular weight excluding hydrogens is 709 g/mol. The third kappa shape index (κ3) is 10.4. The predicted octanol–water partition coefficient (Wildman–Crippen LogP) is 8.71. The van der Waals surface area contributed by atoms with Gasteiger partial charge in [-0.25, -0.2) is 9.79 Å². The van der Waals surface area contributed by atoms with Crippen molar-refractivity contribution in [3.05, 3.63) is 78.0 Å². The minimum absolute atomic E-state index is 0.167. The minimum Gasteiger partial charge on any atom is -0.491 e. The van der Waals surface area contributed by atoms with E-state index in [1.807, 2.05) is 86.0 Å². The number of carbonyl (C=O) groups is 1. The lowest BCUT2D eigenvalue weighted by atomic mass is 9.85. The molecule has 0 spiro atoms. The lowest BCUT2D eigenvalue weighted by Gasteiger charge is -2.32. The normalized spacial score (nSPS) is 18.8. The molecule has 4 aromatic rings. The molecule has 300 valence electrons. The highest BCUT2D eigenvalue weighted by Crippen LogP contribution is 2.39. The molecule has 0 saturated carbocycles. The zero-order valence-corrected chi connectivity index (χ0v) is 33.9. The van der Waals surface area contributed by atoms with Gasteiger partial charge < -0.3 is 34.6 Å². The van der Waals surface area contributed by atoms with E-state index in [1.165, 1.54) is 0 Å². The minimum atomic E-state index is -0.397. The van der Waals surface area contributed by atoms with Crippen molar-refractivity contribution >= 4 is 34.9 Å². The van der Waals surface area contributed by atoms with E-state index >= 15 is 0 Å². The van der Waals surface area contributed by atoms with Crippen LogP contribution in [0.1, 0.15) is 110 Å². The van der Waals surface area contributed by atoms with Crippen LogP contribution in [0.25, 0.3) is 5.65 Å². The number of hydrogen-bond donors (Lipinski definition) is 3. The van der Waals surface area contributed by atoms with Crippen LogP contribution in [0.3, 0.4) is 0 Å². The number of ether oxygens (including phenoxy) is 4. The number of amidine groups is 1. The molecule has 0 bridgehead atoms. The van der Waals surface area contributed by atoms with Gasteiger partial charge in [0.2, 0.25) is 5.95 Å². The average molecular weight is 767 g/mol. The number of carbonyl (C=O) groups excluding carboxylic acids is 1. The number of benzene rings is 2. The van der Waals surface area contributed by atoms with E-state index in [2.05, 4.69) is 59.5 Å². The molecule has 3 unspecified atom stereocenters. The summed E-state index contributed by atoms with van der Waals surface area (Å²) < 4.78 is 26.0. The van der Waals surface area contributed by atoms with Crippen LogP contribution in [-0.4, -0.2) is 70.4 Å². The maximum Gasteiger partial charge on any atom is 0.320 e. The number of nitrogens with zero attached hydrogens (tertiary/aromatic N) is 5. The maximum absolute atomic E-state index is 13.7. The van der Waals surface area contributed by atoms with Crippen LogP contribution in [-0.2, 0) is 9.47 Å². The Balaban J connectivity index is 1.13. The molecule has 3 N–H and O–H groups in total. The number of fused-ring (bicyclic) bond motifs is 2. The van der Waals surface area contributed by atoms with E-state index in [1.54, 1.807) is 0 Å². The first kappa shape index (κ1) is 40.6. The number of anilines is 1. The Morgan fingerprint density at radius 1 is 0.964 bits per heavy atom. The van der Waals surface area contributed by atoms with Gasteiger partial charge in [-0.1, -0.05) is 51.1 Å². The smallest absolute Gasteiger partial charge is 0.320 e. The number of pyridine rings is 1. The Hall–Kier alpha value is -5.01. The van der Waals surface area contributed by atoms with Gasteiger partial charge in [-0.3, -0.25) is 9.72 Å². The summed E-state index contributed by atoms with van der Waals surface area (Å²) in [5.74, 6) is 2.51. The van der Waals surface area contributed by atoms with Crippen LogP contribution in [0, 0.1) is 10.8 Å². The topological polar surface area (TPSA) is 148 Å². The number of urea groups is 1. The Morgan fingerprint density at radius 2 is 1.75 bits per heavy atom. The van der Waals surface area contributed by atoms with Crippen molar-refractivity contribution < 1.29 is 23.7 Å². The zero-order chi connectivity index (χ0) is 39.8. The molecule has 2 aliphatic rings. The maximum atomic E-state index is 13.7. The number of amides is 2. The first-order valence-electron chi connectivity index (χ1n) is 19.9. The Labute approximate surface area is 330 Å². The molecular formula is C43H58N8O5. The number of rotatable bonds is 14. The quantitative estimate of drug-likeness (QED) is 0.0656. The van der Waals surface area contributed by atoms with Gasteiger partial charge in [0.1, 0.15) is 30.0 Å². The molecule has 2 aromatic carbocycles. The van der Waals surface area contributed by atoms with Gasteiger partial charge in [-0.05, 0) is 101 Å². The highest BCUT2D eigenvalue weighted by Gasteiger charge is 2.30. The van der Waals surface area contributed by atoms with Crippen LogP contribution < -0.4 is 25.0 Å². The lowest BCUT2D eigenvalue weighted by molar-refractivity contribution is -0.165. The molecule has 2 aromatic heterocycles. The van der Waals surface area contributed by atoms with Crippen LogP contribution in [0.5, 0.6) is 11.5 Å². The Morgan fingerprint density at radius 3 is 2.48 bits per heavy atom. The molecule has 3 atom stereocenters. The second-order valence-corrected chi connectivity index (χ2v) is 16.1. The van der Waals surface area contributed by atoms with Crippen LogP contribution >= 0.6 is 0 Å². The van der Waals surface area contributed by atoms with Crippen molar-refractivity contribution in [3.8, 4) is 11.5 Å². The molecule has 1 aliphatic carbocycles. The second kappa shape index (κ2) is 18.3. The molecule has 2 amide bonds. The van der Waals surface area contributed by atoms with Gasteiger partial charge in [0.25, 0.3) is 0 Å². The number of hydrogen-bond acceptors (Lipinski definition) is 10. The SMILES string of the molecule is CC(C)N(c1nnc2ccc(OC3CCC(NC(=O)NC(CC(=N)C(C)(C)C)=Nc4cccc(OCCOC5CCCCO5)c4)c4ccccc43)cn12)C(C)C. The van der Waals surface area contributed by atoms with E-state index in [4.69, 9.17) is 29.3 Å². The molecule has 0 radical (unpaired) electrons. The molecule has 1 aliphatic heterocycles. The van der Waals surface area contributed by atoms with Crippen molar-refractivity contribution in [1.29, 1.82) is 5.41 Å². The highest BCUT2D eigenvalue weighted by molar-refractivity contribution is 6.09. The fourth-order valence-electron chi connectivity index (χ4n) is 7.20. The fraction of sp³-hybridized carbons (Fsp3) is 0.512. The van der Waals surface area contributed by atoms with Crippen molar-refractivity contribution in [3.63, 3.8) is 0 Å². The Kier molecular flexibility index (Phi) is 13.3. The zero-order valence-electron chi connectivity index (χ0n) is 33.9. The molecule has 6 rings (SSSR count). The number of nitrogens with one attached hydrogen (secondary N) is 3. The van der Waals surface area contributed by atoms with E-state index in [9.17, 15) is 4.79 Å². The largest absolute Gasteiger partial charge is 0.491 e. The molecule has 13 nitrogen and oxygen atoms in total. The summed E-state index contributed by atoms with van der Waals surface area (Å²) in [6.07, 6.45) is 6.22. The van der Waals surface area contributed by atoms with E-state index in [-0.39, 0.29) is 43.0 Å². The molecule has 3 heterocycles. The molecule has 1 saturated heterocycles. The molecule has 13 heteroatoms. The summed E-state index contributed by atoms with van der Waals surface area (Å²) >= 11 is 0. The third-order valence-corrected chi connectivity index (χ3v) is 10.1. The van der Waals surface area contributed by atoms with Crippen LogP contribution in [0.4, 0.5) is 16.4 Å². The summed E-state index contributed by atoms with van der Waals surface area (Å²) in [4.78, 5) is 20.7. The van der Waals surface area contributed by atoms with Crippen molar-refractivity contribution in [2.45, 2.75) is 118 Å². The van der Waals surface area contributed by atoms with Crippen molar-refractivity contribution in [2.75, 3.05) is 24.7 Å². The van der Waals surface area contributed by atoms with Gasteiger partial charge >= 0.3 is 6.03 Å². The summed E-state index contributed by atoms with van der Waals surface area (Å²) in [5, 5.41) is 23.8.